The first-order chi connectivity index (χ1) is 7.37. The summed E-state index contributed by atoms with van der Waals surface area (Å²) in [5, 5.41) is 0. The Morgan fingerprint density at radius 2 is 2.12 bits per heavy atom. The Balaban J connectivity index is 2.43. The van der Waals surface area contributed by atoms with E-state index in [2.05, 4.69) is 31.8 Å². The van der Waals surface area contributed by atoms with E-state index >= 15 is 0 Å². The number of amides is 1. The fourth-order valence-electron chi connectivity index (χ4n) is 0.907. The van der Waals surface area contributed by atoms with Crippen LogP contribution in [0.3, 0.4) is 0 Å². The number of nitrogens with zero attached hydrogens (tertiary/aromatic N) is 1. The summed E-state index contributed by atoms with van der Waals surface area (Å²) in [6.45, 7) is 5.40. The van der Waals surface area contributed by atoms with Gasteiger partial charge >= 0.3 is 6.09 Å². The SMILES string of the molecule is CC(C)(C)OC(=O)NNc1cncc(Br)c1. The lowest BCUT2D eigenvalue weighted by Crippen LogP contribution is -2.35. The van der Waals surface area contributed by atoms with E-state index in [1.165, 1.54) is 0 Å². The van der Waals surface area contributed by atoms with Gasteiger partial charge < -0.3 is 4.74 Å². The Morgan fingerprint density at radius 1 is 1.44 bits per heavy atom. The van der Waals surface area contributed by atoms with Crippen LogP contribution in [0.1, 0.15) is 20.8 Å². The molecular formula is C10H14BrN3O2. The minimum atomic E-state index is -0.535. The Morgan fingerprint density at radius 3 is 2.69 bits per heavy atom. The van der Waals surface area contributed by atoms with Crippen LogP contribution in [0.4, 0.5) is 10.5 Å². The van der Waals surface area contributed by atoms with Crippen molar-refractivity contribution in [2.75, 3.05) is 5.43 Å². The zero-order chi connectivity index (χ0) is 12.2. The van der Waals surface area contributed by atoms with Gasteiger partial charge in [-0.05, 0) is 42.8 Å². The predicted molar refractivity (Wildman–Crippen MR) is 64.9 cm³/mol. The molecule has 0 unspecified atom stereocenters. The van der Waals surface area contributed by atoms with Crippen molar-refractivity contribution in [3.05, 3.63) is 22.9 Å². The number of ether oxygens (including phenoxy) is 1. The van der Waals surface area contributed by atoms with Crippen LogP contribution in [-0.4, -0.2) is 16.7 Å². The maximum atomic E-state index is 11.3. The van der Waals surface area contributed by atoms with E-state index < -0.39 is 11.7 Å². The number of anilines is 1. The second kappa shape index (κ2) is 5.16. The van der Waals surface area contributed by atoms with Crippen molar-refractivity contribution in [1.82, 2.24) is 10.4 Å². The van der Waals surface area contributed by atoms with Gasteiger partial charge in [0.25, 0.3) is 0 Å². The van der Waals surface area contributed by atoms with Crippen molar-refractivity contribution < 1.29 is 9.53 Å². The van der Waals surface area contributed by atoms with E-state index in [4.69, 9.17) is 4.74 Å². The first-order valence-corrected chi connectivity index (χ1v) is 5.52. The maximum absolute atomic E-state index is 11.3. The molecule has 5 nitrogen and oxygen atoms in total. The summed E-state index contributed by atoms with van der Waals surface area (Å²) < 4.78 is 5.87. The zero-order valence-corrected chi connectivity index (χ0v) is 11.0. The normalized spacial score (nSPS) is 10.8. The van der Waals surface area contributed by atoms with Crippen LogP contribution in [0.15, 0.2) is 22.9 Å². The minimum Gasteiger partial charge on any atom is -0.443 e. The van der Waals surface area contributed by atoms with Crippen molar-refractivity contribution in [1.29, 1.82) is 0 Å². The lowest BCUT2D eigenvalue weighted by atomic mass is 10.2. The molecule has 0 aliphatic heterocycles. The van der Waals surface area contributed by atoms with Crippen LogP contribution < -0.4 is 10.9 Å². The number of rotatable bonds is 2. The van der Waals surface area contributed by atoms with Crippen molar-refractivity contribution in [2.24, 2.45) is 0 Å². The fraction of sp³-hybridized carbons (Fsp3) is 0.400. The second-order valence-electron chi connectivity index (χ2n) is 4.14. The molecule has 1 amide bonds. The molecule has 2 N–H and O–H groups in total. The largest absolute Gasteiger partial charge is 0.443 e. The lowest BCUT2D eigenvalue weighted by molar-refractivity contribution is 0.0541. The molecule has 0 aliphatic carbocycles. The van der Waals surface area contributed by atoms with Gasteiger partial charge in [0.05, 0.1) is 11.9 Å². The third-order valence-electron chi connectivity index (χ3n) is 1.41. The summed E-state index contributed by atoms with van der Waals surface area (Å²) in [4.78, 5) is 15.2. The summed E-state index contributed by atoms with van der Waals surface area (Å²) in [5.41, 5.74) is 5.26. The van der Waals surface area contributed by atoms with Gasteiger partial charge in [0.15, 0.2) is 0 Å². The van der Waals surface area contributed by atoms with E-state index in [1.54, 1.807) is 39.2 Å². The highest BCUT2D eigenvalue weighted by Gasteiger charge is 2.15. The number of pyridine rings is 1. The molecule has 0 saturated carbocycles. The molecule has 0 aliphatic rings. The summed E-state index contributed by atoms with van der Waals surface area (Å²) in [7, 11) is 0. The number of halogens is 1. The first-order valence-electron chi connectivity index (χ1n) is 4.72. The fourth-order valence-corrected chi connectivity index (χ4v) is 1.27. The van der Waals surface area contributed by atoms with Gasteiger partial charge in [-0.25, -0.2) is 10.2 Å². The number of aromatic nitrogens is 1. The monoisotopic (exact) mass is 287 g/mol. The van der Waals surface area contributed by atoms with Crippen LogP contribution in [0.25, 0.3) is 0 Å². The molecule has 16 heavy (non-hydrogen) atoms. The standard InChI is InChI=1S/C10H14BrN3O2/c1-10(2,3)16-9(15)14-13-8-4-7(11)5-12-6-8/h4-6,13H,1-3H3,(H,14,15). The lowest BCUT2D eigenvalue weighted by Gasteiger charge is -2.20. The van der Waals surface area contributed by atoms with Crippen LogP contribution >= 0.6 is 15.9 Å². The molecule has 1 rings (SSSR count). The molecule has 6 heteroatoms. The number of hydrazine groups is 1. The molecule has 0 spiro atoms. The zero-order valence-electron chi connectivity index (χ0n) is 9.37. The maximum Gasteiger partial charge on any atom is 0.426 e. The summed E-state index contributed by atoms with van der Waals surface area (Å²) in [5.74, 6) is 0. The number of hydrogen-bond donors (Lipinski definition) is 2. The van der Waals surface area contributed by atoms with E-state index in [-0.39, 0.29) is 0 Å². The van der Waals surface area contributed by atoms with Crippen LogP contribution in [0, 0.1) is 0 Å². The Kier molecular flexibility index (Phi) is 4.12. The number of nitrogens with one attached hydrogen (secondary N) is 2. The van der Waals surface area contributed by atoms with E-state index in [9.17, 15) is 4.79 Å². The molecule has 0 saturated heterocycles. The van der Waals surface area contributed by atoms with Gasteiger partial charge in [-0.1, -0.05) is 0 Å². The quantitative estimate of drug-likeness (QED) is 0.821. The third-order valence-corrected chi connectivity index (χ3v) is 1.85. The predicted octanol–water partition coefficient (Wildman–Crippen LogP) is 2.70. The van der Waals surface area contributed by atoms with Crippen LogP contribution in [-0.2, 0) is 4.74 Å². The molecule has 1 heterocycles. The average molecular weight is 288 g/mol. The van der Waals surface area contributed by atoms with Gasteiger partial charge in [-0.2, -0.15) is 0 Å². The summed E-state index contributed by atoms with van der Waals surface area (Å²) in [6, 6.07) is 1.78. The van der Waals surface area contributed by atoms with E-state index in [0.717, 1.165) is 4.47 Å². The molecule has 88 valence electrons. The Labute approximate surface area is 103 Å². The highest BCUT2D eigenvalue weighted by Crippen LogP contribution is 2.12. The highest BCUT2D eigenvalue weighted by molar-refractivity contribution is 9.10. The Hall–Kier alpha value is -1.30. The van der Waals surface area contributed by atoms with Gasteiger partial charge in [-0.15, -0.1) is 0 Å². The minimum absolute atomic E-state index is 0.513. The molecule has 1 aromatic rings. The van der Waals surface area contributed by atoms with Crippen molar-refractivity contribution in [2.45, 2.75) is 26.4 Å². The van der Waals surface area contributed by atoms with E-state index in [0.29, 0.717) is 5.69 Å². The second-order valence-corrected chi connectivity index (χ2v) is 5.06. The van der Waals surface area contributed by atoms with Crippen molar-refractivity contribution in [3.63, 3.8) is 0 Å². The smallest absolute Gasteiger partial charge is 0.426 e. The van der Waals surface area contributed by atoms with Gasteiger partial charge in [-0.3, -0.25) is 10.4 Å². The molecule has 0 radical (unpaired) electrons. The highest BCUT2D eigenvalue weighted by atomic mass is 79.9. The number of hydrogen-bond acceptors (Lipinski definition) is 4. The number of carbonyl (C=O) groups is 1. The van der Waals surface area contributed by atoms with Crippen LogP contribution in [0.5, 0.6) is 0 Å². The Bertz CT molecular complexity index is 377. The topological polar surface area (TPSA) is 63.2 Å². The molecule has 1 aromatic heterocycles. The van der Waals surface area contributed by atoms with Crippen molar-refractivity contribution >= 4 is 27.7 Å². The van der Waals surface area contributed by atoms with E-state index in [1.807, 2.05) is 0 Å². The van der Waals surface area contributed by atoms with Crippen LogP contribution in [0.2, 0.25) is 0 Å². The molecule has 0 atom stereocenters. The third kappa shape index (κ3) is 4.97. The molecule has 0 fully saturated rings. The van der Waals surface area contributed by atoms with Gasteiger partial charge in [0.2, 0.25) is 0 Å². The van der Waals surface area contributed by atoms with Gasteiger partial charge in [0, 0.05) is 10.7 Å². The average Bonchev–Trinajstić information content (AvgIpc) is 2.12. The molecular weight excluding hydrogens is 274 g/mol. The number of carbonyl (C=O) groups excluding carboxylic acids is 1. The van der Waals surface area contributed by atoms with Gasteiger partial charge in [0.1, 0.15) is 5.60 Å². The molecule has 0 aromatic carbocycles. The summed E-state index contributed by atoms with van der Waals surface area (Å²) in [6.07, 6.45) is 2.70. The molecule has 0 bridgehead atoms. The first kappa shape index (κ1) is 12.8. The van der Waals surface area contributed by atoms with Crippen molar-refractivity contribution in [3.8, 4) is 0 Å². The summed E-state index contributed by atoms with van der Waals surface area (Å²) >= 11 is 3.27.